The number of aliphatic carboxylic acids is 1. The second-order valence-corrected chi connectivity index (χ2v) is 1.49. The minimum absolute atomic E-state index is 0.231. The zero-order valence-electron chi connectivity index (χ0n) is 6.83. The summed E-state index contributed by atoms with van der Waals surface area (Å²) in [7, 11) is 2.00. The molecule has 0 aromatic rings. The van der Waals surface area contributed by atoms with Crippen molar-refractivity contribution < 1.29 is 20.1 Å². The van der Waals surface area contributed by atoms with Crippen molar-refractivity contribution in [2.75, 3.05) is 14.2 Å². The van der Waals surface area contributed by atoms with Gasteiger partial charge < -0.3 is 15.3 Å². The number of aliphatic hydroxyl groups is 2. The molecular weight excluding hydrogens is 136 g/mol. The maximum absolute atomic E-state index is 9.70. The molecule has 0 amide bonds. The van der Waals surface area contributed by atoms with E-state index in [1.165, 1.54) is 0 Å². The third kappa shape index (κ3) is 26.3. The van der Waals surface area contributed by atoms with Crippen LogP contribution in [-0.2, 0) is 4.79 Å². The van der Waals surface area contributed by atoms with Crippen molar-refractivity contribution in [3.8, 4) is 0 Å². The Kier molecular flexibility index (Phi) is 25.5. The lowest BCUT2D eigenvalue weighted by Crippen LogP contribution is -2.03. The van der Waals surface area contributed by atoms with Gasteiger partial charge in [-0.25, -0.2) is 0 Å². The molecule has 0 radical (unpaired) electrons. The van der Waals surface area contributed by atoms with Gasteiger partial charge in [0.1, 0.15) is 0 Å². The summed E-state index contributed by atoms with van der Waals surface area (Å²) in [6.45, 7) is 3.28. The predicted molar refractivity (Wildman–Crippen MR) is 38.8 cm³/mol. The molecule has 0 bridgehead atoms. The summed E-state index contributed by atoms with van der Waals surface area (Å²) < 4.78 is 0. The van der Waals surface area contributed by atoms with Crippen LogP contribution in [0.4, 0.5) is 0 Å². The zero-order valence-corrected chi connectivity index (χ0v) is 6.83. The number of aliphatic hydroxyl groups excluding tert-OH is 2. The van der Waals surface area contributed by atoms with E-state index in [2.05, 4.69) is 0 Å². The van der Waals surface area contributed by atoms with Crippen LogP contribution in [0, 0.1) is 5.92 Å². The Morgan fingerprint density at radius 3 is 1.20 bits per heavy atom. The van der Waals surface area contributed by atoms with Crippen molar-refractivity contribution in [1.82, 2.24) is 0 Å². The number of carboxylic acid groups (broad SMARTS) is 1. The van der Waals surface area contributed by atoms with Crippen LogP contribution in [0.2, 0.25) is 0 Å². The van der Waals surface area contributed by atoms with Crippen molar-refractivity contribution in [2.45, 2.75) is 13.8 Å². The lowest BCUT2D eigenvalue weighted by molar-refractivity contribution is -0.140. The monoisotopic (exact) mass is 152 g/mol. The Hall–Kier alpha value is -0.610. The highest BCUT2D eigenvalue weighted by molar-refractivity contribution is 5.68. The maximum Gasteiger partial charge on any atom is 0.305 e. The van der Waals surface area contributed by atoms with Crippen LogP contribution < -0.4 is 0 Å². The van der Waals surface area contributed by atoms with Gasteiger partial charge in [0.15, 0.2) is 0 Å². The Bertz CT molecular complexity index is 60.8. The van der Waals surface area contributed by atoms with Crippen molar-refractivity contribution in [3.63, 3.8) is 0 Å². The summed E-state index contributed by atoms with van der Waals surface area (Å²) in [5, 5.41) is 22.0. The molecule has 0 rings (SSSR count). The first-order chi connectivity index (χ1) is 4.64. The number of carbonyl (C=O) groups is 1. The second kappa shape index (κ2) is 15.8. The van der Waals surface area contributed by atoms with Gasteiger partial charge in [0.2, 0.25) is 0 Å². The normalized spacial score (nSPS) is 6.70. The molecule has 4 nitrogen and oxygen atoms in total. The molecule has 0 aromatic carbocycles. The Balaban J connectivity index is -0.000000105. The predicted octanol–water partition coefficient (Wildman–Crippen LogP) is -0.0560. The van der Waals surface area contributed by atoms with Crippen LogP contribution in [0.5, 0.6) is 0 Å². The molecule has 10 heavy (non-hydrogen) atoms. The molecule has 64 valence electrons. The van der Waals surface area contributed by atoms with Crippen LogP contribution in [0.15, 0.2) is 0 Å². The molecule has 0 heterocycles. The average Bonchev–Trinajstić information content (AvgIpc) is 1.96. The van der Waals surface area contributed by atoms with E-state index in [-0.39, 0.29) is 5.92 Å². The summed E-state index contributed by atoms with van der Waals surface area (Å²) >= 11 is 0. The maximum atomic E-state index is 9.70. The topological polar surface area (TPSA) is 77.8 Å². The Labute approximate surface area is 61.1 Å². The van der Waals surface area contributed by atoms with Gasteiger partial charge in [0.25, 0.3) is 0 Å². The summed E-state index contributed by atoms with van der Waals surface area (Å²) in [6.07, 6.45) is 0. The van der Waals surface area contributed by atoms with Crippen LogP contribution in [0.25, 0.3) is 0 Å². The van der Waals surface area contributed by atoms with E-state index in [9.17, 15) is 4.79 Å². The highest BCUT2D eigenvalue weighted by Gasteiger charge is 1.99. The summed E-state index contributed by atoms with van der Waals surface area (Å²) in [5.41, 5.74) is 0. The Morgan fingerprint density at radius 1 is 1.10 bits per heavy atom. The van der Waals surface area contributed by atoms with E-state index >= 15 is 0 Å². The van der Waals surface area contributed by atoms with Crippen LogP contribution in [-0.4, -0.2) is 35.5 Å². The highest BCUT2D eigenvalue weighted by atomic mass is 16.4. The smallest absolute Gasteiger partial charge is 0.305 e. The molecule has 3 N–H and O–H groups in total. The molecular formula is C6H16O4. The van der Waals surface area contributed by atoms with Gasteiger partial charge in [-0.1, -0.05) is 13.8 Å². The fourth-order valence-electron chi connectivity index (χ4n) is 0. The fraction of sp³-hybridized carbons (Fsp3) is 0.833. The molecule has 0 unspecified atom stereocenters. The third-order valence-electron chi connectivity index (χ3n) is 0.494. The molecule has 0 aliphatic rings. The lowest BCUT2D eigenvalue weighted by Gasteiger charge is -1.89. The Morgan fingerprint density at radius 2 is 1.20 bits per heavy atom. The largest absolute Gasteiger partial charge is 0.481 e. The number of rotatable bonds is 1. The molecule has 0 spiro atoms. The minimum atomic E-state index is -0.741. The number of carboxylic acids is 1. The third-order valence-corrected chi connectivity index (χ3v) is 0.494. The van der Waals surface area contributed by atoms with Gasteiger partial charge in [-0.15, -0.1) is 0 Å². The van der Waals surface area contributed by atoms with Crippen molar-refractivity contribution >= 4 is 5.97 Å². The van der Waals surface area contributed by atoms with Gasteiger partial charge in [-0.3, -0.25) is 4.79 Å². The molecule has 4 heteroatoms. The SMILES string of the molecule is CC(C)C(=O)O.CO.CO. The molecule has 0 aromatic heterocycles. The van der Waals surface area contributed by atoms with E-state index in [1.54, 1.807) is 13.8 Å². The van der Waals surface area contributed by atoms with E-state index in [0.717, 1.165) is 14.2 Å². The molecule has 0 saturated heterocycles. The van der Waals surface area contributed by atoms with E-state index < -0.39 is 5.97 Å². The zero-order chi connectivity index (χ0) is 9.15. The molecule has 0 fully saturated rings. The summed E-state index contributed by atoms with van der Waals surface area (Å²) in [5.74, 6) is -0.972. The number of hydrogen-bond donors (Lipinski definition) is 3. The first-order valence-corrected chi connectivity index (χ1v) is 2.77. The van der Waals surface area contributed by atoms with Crippen LogP contribution >= 0.6 is 0 Å². The van der Waals surface area contributed by atoms with Gasteiger partial charge >= 0.3 is 5.97 Å². The quantitative estimate of drug-likeness (QED) is 0.492. The molecule has 0 atom stereocenters. The van der Waals surface area contributed by atoms with Crippen molar-refractivity contribution in [2.24, 2.45) is 5.92 Å². The summed E-state index contributed by atoms with van der Waals surface area (Å²) in [4.78, 5) is 9.70. The van der Waals surface area contributed by atoms with Gasteiger partial charge in [0, 0.05) is 14.2 Å². The van der Waals surface area contributed by atoms with Crippen LogP contribution in [0.3, 0.4) is 0 Å². The highest BCUT2D eigenvalue weighted by Crippen LogP contribution is 1.87. The molecule has 0 aliphatic heterocycles. The van der Waals surface area contributed by atoms with Crippen molar-refractivity contribution in [1.29, 1.82) is 0 Å². The molecule has 0 aliphatic carbocycles. The second-order valence-electron chi connectivity index (χ2n) is 1.49. The lowest BCUT2D eigenvalue weighted by atomic mass is 10.2. The van der Waals surface area contributed by atoms with E-state index in [1.807, 2.05) is 0 Å². The first-order valence-electron chi connectivity index (χ1n) is 2.77. The van der Waals surface area contributed by atoms with Crippen LogP contribution in [0.1, 0.15) is 13.8 Å². The molecule has 0 saturated carbocycles. The average molecular weight is 152 g/mol. The van der Waals surface area contributed by atoms with Gasteiger partial charge in [-0.2, -0.15) is 0 Å². The van der Waals surface area contributed by atoms with E-state index in [0.29, 0.717) is 0 Å². The van der Waals surface area contributed by atoms with Gasteiger partial charge in [-0.05, 0) is 0 Å². The number of hydrogen-bond acceptors (Lipinski definition) is 3. The minimum Gasteiger partial charge on any atom is -0.481 e. The van der Waals surface area contributed by atoms with Gasteiger partial charge in [0.05, 0.1) is 5.92 Å². The summed E-state index contributed by atoms with van der Waals surface area (Å²) in [6, 6.07) is 0. The fourth-order valence-corrected chi connectivity index (χ4v) is 0. The van der Waals surface area contributed by atoms with Crippen molar-refractivity contribution in [3.05, 3.63) is 0 Å². The van der Waals surface area contributed by atoms with E-state index in [4.69, 9.17) is 15.3 Å². The standard InChI is InChI=1S/C4H8O2.2CH4O/c1-3(2)4(5)6;2*1-2/h3H,1-2H3,(H,5,6);2*2H,1H3. The first kappa shape index (κ1) is 16.2.